The van der Waals surface area contributed by atoms with Gasteiger partial charge in [-0.15, -0.1) is 0 Å². The first-order valence-corrected chi connectivity index (χ1v) is 7.72. The second-order valence-corrected chi connectivity index (χ2v) is 6.54. The van der Waals surface area contributed by atoms with Gasteiger partial charge in [0.15, 0.2) is 5.79 Å². The normalized spacial score (nSPS) is 25.5. The molecule has 21 heavy (non-hydrogen) atoms. The van der Waals surface area contributed by atoms with Crippen molar-refractivity contribution in [2.75, 3.05) is 33.0 Å². The highest BCUT2D eigenvalue weighted by Gasteiger charge is 2.55. The number of hydrogen-bond acceptors (Lipinski definition) is 4. The summed E-state index contributed by atoms with van der Waals surface area (Å²) in [6, 6.07) is 0. The molecule has 1 spiro atoms. The Morgan fingerprint density at radius 1 is 1.38 bits per heavy atom. The predicted octanol–water partition coefficient (Wildman–Crippen LogP) is 1.87. The summed E-state index contributed by atoms with van der Waals surface area (Å²) in [7, 11) is 0. The van der Waals surface area contributed by atoms with Gasteiger partial charge in [0.2, 0.25) is 5.91 Å². The summed E-state index contributed by atoms with van der Waals surface area (Å²) in [6.45, 7) is 11.0. The largest absolute Gasteiger partial charge is 0.375 e. The molecule has 0 radical (unpaired) electrons. The summed E-state index contributed by atoms with van der Waals surface area (Å²) in [5.74, 6) is -0.517. The van der Waals surface area contributed by atoms with Crippen LogP contribution in [0.5, 0.6) is 0 Å². The zero-order valence-electron chi connectivity index (χ0n) is 13.5. The van der Waals surface area contributed by atoms with Crippen LogP contribution in [0.3, 0.4) is 0 Å². The first kappa shape index (κ1) is 16.5. The number of hydrogen-bond donors (Lipinski definition) is 1. The number of carbonyl (C=O) groups excluding carboxylic acids is 1. The maximum atomic E-state index is 12.0. The van der Waals surface area contributed by atoms with Crippen molar-refractivity contribution in [2.24, 2.45) is 11.3 Å². The quantitative estimate of drug-likeness (QED) is 0.787. The lowest BCUT2D eigenvalue weighted by Gasteiger charge is -2.38. The van der Waals surface area contributed by atoms with Crippen LogP contribution in [0, 0.1) is 11.3 Å². The monoisotopic (exact) mass is 297 g/mol. The third-order valence-electron chi connectivity index (χ3n) is 4.41. The van der Waals surface area contributed by atoms with Crippen molar-refractivity contribution in [3.8, 4) is 0 Å². The third-order valence-corrected chi connectivity index (χ3v) is 4.41. The molecule has 2 heterocycles. The van der Waals surface area contributed by atoms with Crippen molar-refractivity contribution in [1.82, 2.24) is 5.32 Å². The van der Waals surface area contributed by atoms with Crippen LogP contribution >= 0.6 is 0 Å². The molecule has 2 fully saturated rings. The third kappa shape index (κ3) is 3.47. The fraction of sp³-hybridized carbons (Fsp3) is 0.812. The van der Waals surface area contributed by atoms with E-state index < -0.39 is 5.79 Å². The van der Waals surface area contributed by atoms with Gasteiger partial charge in [0.25, 0.3) is 0 Å². The second-order valence-electron chi connectivity index (χ2n) is 6.54. The summed E-state index contributed by atoms with van der Waals surface area (Å²) in [5.41, 5.74) is 0.599. The van der Waals surface area contributed by atoms with E-state index >= 15 is 0 Å². The Labute approximate surface area is 127 Å². The minimum atomic E-state index is -0.622. The molecular formula is C16H27NO4. The summed E-state index contributed by atoms with van der Waals surface area (Å²) < 4.78 is 17.2. The van der Waals surface area contributed by atoms with E-state index in [1.54, 1.807) is 0 Å². The number of nitrogens with one attached hydrogen (secondary N) is 1. The zero-order valence-corrected chi connectivity index (χ0v) is 13.5. The number of ether oxygens (including phenoxy) is 3. The van der Waals surface area contributed by atoms with Gasteiger partial charge >= 0.3 is 0 Å². The molecule has 2 aliphatic rings. The van der Waals surface area contributed by atoms with E-state index in [1.807, 2.05) is 19.9 Å². The van der Waals surface area contributed by atoms with Gasteiger partial charge in [-0.2, -0.15) is 0 Å². The molecule has 0 aromatic rings. The smallest absolute Gasteiger partial charge is 0.246 e. The molecule has 2 aliphatic heterocycles. The topological polar surface area (TPSA) is 56.8 Å². The van der Waals surface area contributed by atoms with Gasteiger partial charge in [-0.1, -0.05) is 26.8 Å². The van der Waals surface area contributed by atoms with Crippen molar-refractivity contribution in [1.29, 1.82) is 0 Å². The van der Waals surface area contributed by atoms with Crippen LogP contribution in [0.15, 0.2) is 11.6 Å². The van der Waals surface area contributed by atoms with Crippen LogP contribution in [-0.2, 0) is 19.0 Å². The average Bonchev–Trinajstić information content (AvgIpc) is 3.07. The number of amides is 1. The molecule has 5 heteroatoms. The van der Waals surface area contributed by atoms with E-state index in [0.717, 1.165) is 12.0 Å². The molecule has 5 nitrogen and oxygen atoms in total. The molecule has 120 valence electrons. The van der Waals surface area contributed by atoms with E-state index in [4.69, 9.17) is 14.2 Å². The van der Waals surface area contributed by atoms with E-state index in [0.29, 0.717) is 33.0 Å². The molecule has 2 saturated heterocycles. The van der Waals surface area contributed by atoms with Crippen LogP contribution in [0.1, 0.15) is 34.1 Å². The summed E-state index contributed by atoms with van der Waals surface area (Å²) in [4.78, 5) is 12.0. The SMILES string of the molecule is CC/C=C(\C)C(=O)NCC(C)(C)C1COCC12OCCO2. The molecule has 2 rings (SSSR count). The maximum absolute atomic E-state index is 12.0. The molecule has 0 aromatic carbocycles. The first-order chi connectivity index (χ1) is 9.91. The lowest BCUT2D eigenvalue weighted by Crippen LogP contribution is -2.50. The van der Waals surface area contributed by atoms with Crippen molar-refractivity contribution < 1.29 is 19.0 Å². The Bertz CT molecular complexity index is 405. The minimum absolute atomic E-state index is 0.00820. The van der Waals surface area contributed by atoms with E-state index in [1.165, 1.54) is 0 Å². The highest BCUT2D eigenvalue weighted by molar-refractivity contribution is 5.92. The van der Waals surface area contributed by atoms with Gasteiger partial charge in [-0.3, -0.25) is 4.79 Å². The van der Waals surface area contributed by atoms with Crippen LogP contribution in [0.2, 0.25) is 0 Å². The fourth-order valence-corrected chi connectivity index (χ4v) is 3.09. The zero-order chi connectivity index (χ0) is 15.5. The van der Waals surface area contributed by atoms with Gasteiger partial charge in [-0.25, -0.2) is 0 Å². The second kappa shape index (κ2) is 6.46. The maximum Gasteiger partial charge on any atom is 0.246 e. The Morgan fingerprint density at radius 3 is 2.67 bits per heavy atom. The van der Waals surface area contributed by atoms with Crippen LogP contribution in [-0.4, -0.2) is 44.7 Å². The number of carbonyl (C=O) groups is 1. The van der Waals surface area contributed by atoms with Crippen molar-refractivity contribution in [2.45, 2.75) is 39.9 Å². The number of rotatable bonds is 5. The summed E-state index contributed by atoms with van der Waals surface area (Å²) in [6.07, 6.45) is 2.80. The van der Waals surface area contributed by atoms with Crippen LogP contribution in [0.4, 0.5) is 0 Å². The highest BCUT2D eigenvalue weighted by Crippen LogP contribution is 2.44. The molecule has 1 atom stereocenters. The molecule has 1 N–H and O–H groups in total. The standard InChI is InChI=1S/C16H27NO4/c1-5-6-12(2)14(18)17-10-15(3,4)13-9-19-11-16(13)20-7-8-21-16/h6,13H,5,7-11H2,1-4H3,(H,17,18)/b12-6+. The van der Waals surface area contributed by atoms with Crippen LogP contribution < -0.4 is 5.32 Å². The summed E-state index contributed by atoms with van der Waals surface area (Å²) in [5, 5.41) is 3.02. The molecule has 0 saturated carbocycles. The van der Waals surface area contributed by atoms with Gasteiger partial charge in [0.1, 0.15) is 6.61 Å². The molecule has 0 aliphatic carbocycles. The Kier molecular flexibility index (Phi) is 5.07. The highest BCUT2D eigenvalue weighted by atomic mass is 16.8. The van der Waals surface area contributed by atoms with Crippen LogP contribution in [0.25, 0.3) is 0 Å². The molecule has 0 bridgehead atoms. The van der Waals surface area contributed by atoms with E-state index in [-0.39, 0.29) is 17.2 Å². The predicted molar refractivity (Wildman–Crippen MR) is 79.8 cm³/mol. The lowest BCUT2D eigenvalue weighted by molar-refractivity contribution is -0.197. The van der Waals surface area contributed by atoms with E-state index in [2.05, 4.69) is 19.2 Å². The molecular weight excluding hydrogens is 270 g/mol. The van der Waals surface area contributed by atoms with Gasteiger partial charge in [0.05, 0.1) is 19.8 Å². The van der Waals surface area contributed by atoms with Gasteiger partial charge in [0, 0.05) is 18.0 Å². The van der Waals surface area contributed by atoms with Crippen molar-refractivity contribution in [3.63, 3.8) is 0 Å². The van der Waals surface area contributed by atoms with Crippen molar-refractivity contribution >= 4 is 5.91 Å². The fourth-order valence-electron chi connectivity index (χ4n) is 3.09. The first-order valence-electron chi connectivity index (χ1n) is 7.72. The molecule has 0 aromatic heterocycles. The lowest BCUT2D eigenvalue weighted by atomic mass is 9.75. The Balaban J connectivity index is 1.98. The Hall–Kier alpha value is -0.910. The van der Waals surface area contributed by atoms with Crippen molar-refractivity contribution in [3.05, 3.63) is 11.6 Å². The number of allylic oxidation sites excluding steroid dienone is 1. The molecule has 1 unspecified atom stereocenters. The van der Waals surface area contributed by atoms with Gasteiger partial charge in [-0.05, 0) is 18.8 Å². The van der Waals surface area contributed by atoms with Gasteiger partial charge < -0.3 is 19.5 Å². The summed E-state index contributed by atoms with van der Waals surface area (Å²) >= 11 is 0. The minimum Gasteiger partial charge on any atom is -0.375 e. The van der Waals surface area contributed by atoms with E-state index in [9.17, 15) is 4.79 Å². The average molecular weight is 297 g/mol. The Morgan fingerprint density at radius 2 is 2.05 bits per heavy atom. The molecule has 1 amide bonds.